The van der Waals surface area contributed by atoms with Crippen LogP contribution in [0.3, 0.4) is 0 Å². The highest BCUT2D eigenvalue weighted by Gasteiger charge is 2.34. The Balaban J connectivity index is 3.12. The average molecular weight is 257 g/mol. The summed E-state index contributed by atoms with van der Waals surface area (Å²) in [6.07, 6.45) is -4.71. The van der Waals surface area contributed by atoms with Gasteiger partial charge >= 0.3 is 6.18 Å². The first-order valence-electron chi connectivity index (χ1n) is 4.99. The van der Waals surface area contributed by atoms with Gasteiger partial charge in [0.25, 0.3) is 0 Å². The van der Waals surface area contributed by atoms with E-state index in [0.717, 1.165) is 6.07 Å². The van der Waals surface area contributed by atoms with Crippen molar-refractivity contribution in [3.05, 3.63) is 29.3 Å². The predicted octanol–water partition coefficient (Wildman–Crippen LogP) is 1.86. The quantitative estimate of drug-likeness (QED) is 0.867. The maximum atomic E-state index is 12.7. The number of hydrogen-bond acceptors (Lipinski definition) is 3. The molecule has 0 aliphatic carbocycles. The van der Waals surface area contributed by atoms with E-state index in [9.17, 15) is 18.0 Å². The summed E-state index contributed by atoms with van der Waals surface area (Å²) in [7, 11) is 0. The van der Waals surface area contributed by atoms with Gasteiger partial charge in [-0.15, -0.1) is 0 Å². The Labute approximate surface area is 101 Å². The summed E-state index contributed by atoms with van der Waals surface area (Å²) >= 11 is 0. The summed E-state index contributed by atoms with van der Waals surface area (Å²) < 4.78 is 38.1. The number of carbonyl (C=O) groups excluding carboxylic acids is 1. The minimum atomic E-state index is -4.64. The molecule has 4 nitrogen and oxygen atoms in total. The van der Waals surface area contributed by atoms with E-state index < -0.39 is 17.6 Å². The predicted molar refractivity (Wildman–Crippen MR) is 58.5 cm³/mol. The lowest BCUT2D eigenvalue weighted by atomic mass is 10.1. The van der Waals surface area contributed by atoms with Crippen molar-refractivity contribution in [1.29, 1.82) is 5.26 Å². The maximum absolute atomic E-state index is 12.7. The Bertz CT molecular complexity index is 491. The van der Waals surface area contributed by atoms with Gasteiger partial charge in [-0.2, -0.15) is 18.4 Å². The summed E-state index contributed by atoms with van der Waals surface area (Å²) in [4.78, 5) is 11.2. The van der Waals surface area contributed by atoms with Crippen molar-refractivity contribution in [2.24, 2.45) is 5.73 Å². The molecule has 0 atom stereocenters. The zero-order valence-electron chi connectivity index (χ0n) is 9.21. The van der Waals surface area contributed by atoms with E-state index in [0.29, 0.717) is 6.07 Å². The molecule has 0 saturated carbocycles. The van der Waals surface area contributed by atoms with E-state index in [1.807, 2.05) is 0 Å². The van der Waals surface area contributed by atoms with Crippen molar-refractivity contribution in [3.8, 4) is 6.07 Å². The number of halogens is 3. The lowest BCUT2D eigenvalue weighted by Crippen LogP contribution is -2.19. The van der Waals surface area contributed by atoms with Crippen molar-refractivity contribution in [1.82, 2.24) is 0 Å². The van der Waals surface area contributed by atoms with Crippen molar-refractivity contribution < 1.29 is 18.0 Å². The molecule has 96 valence electrons. The fourth-order valence-corrected chi connectivity index (χ4v) is 1.30. The van der Waals surface area contributed by atoms with Crippen LogP contribution in [0, 0.1) is 11.3 Å². The van der Waals surface area contributed by atoms with E-state index in [4.69, 9.17) is 11.0 Å². The standard InChI is InChI=1S/C11H10F3N3O/c12-11(13,14)8-5-7(6-16)1-2-9(8)17-10(18)3-4-15/h1-2,5H,3-4,15H2,(H,17,18). The van der Waals surface area contributed by atoms with Crippen LogP contribution in [-0.4, -0.2) is 12.5 Å². The number of hydrogen-bond donors (Lipinski definition) is 2. The monoisotopic (exact) mass is 257 g/mol. The van der Waals surface area contributed by atoms with Crippen molar-refractivity contribution >= 4 is 11.6 Å². The van der Waals surface area contributed by atoms with Crippen LogP contribution in [0.1, 0.15) is 17.5 Å². The van der Waals surface area contributed by atoms with Gasteiger partial charge < -0.3 is 11.1 Å². The van der Waals surface area contributed by atoms with Crippen LogP contribution >= 0.6 is 0 Å². The van der Waals surface area contributed by atoms with Crippen molar-refractivity contribution in [2.75, 3.05) is 11.9 Å². The molecular weight excluding hydrogens is 247 g/mol. The number of nitrogens with zero attached hydrogens (tertiary/aromatic N) is 1. The average Bonchev–Trinajstić information content (AvgIpc) is 2.28. The first-order valence-corrected chi connectivity index (χ1v) is 4.99. The number of carbonyl (C=O) groups is 1. The van der Waals surface area contributed by atoms with E-state index in [2.05, 4.69) is 5.32 Å². The Morgan fingerprint density at radius 1 is 1.44 bits per heavy atom. The smallest absolute Gasteiger partial charge is 0.330 e. The van der Waals surface area contributed by atoms with Gasteiger partial charge in [0.1, 0.15) is 0 Å². The van der Waals surface area contributed by atoms with Gasteiger partial charge in [0.05, 0.1) is 22.9 Å². The summed E-state index contributed by atoms with van der Waals surface area (Å²) in [6, 6.07) is 4.56. The molecule has 0 aliphatic rings. The number of nitriles is 1. The highest BCUT2D eigenvalue weighted by atomic mass is 19.4. The van der Waals surface area contributed by atoms with E-state index in [1.54, 1.807) is 6.07 Å². The summed E-state index contributed by atoms with van der Waals surface area (Å²) in [5, 5.41) is 10.7. The number of nitrogens with two attached hydrogens (primary N) is 1. The third-order valence-corrected chi connectivity index (χ3v) is 2.10. The molecule has 18 heavy (non-hydrogen) atoms. The van der Waals surface area contributed by atoms with Crippen LogP contribution in [0.15, 0.2) is 18.2 Å². The maximum Gasteiger partial charge on any atom is 0.418 e. The van der Waals surface area contributed by atoms with Crippen LogP contribution < -0.4 is 11.1 Å². The third kappa shape index (κ3) is 3.46. The molecule has 0 bridgehead atoms. The summed E-state index contributed by atoms with van der Waals surface area (Å²) in [5.41, 5.74) is 3.58. The lowest BCUT2D eigenvalue weighted by molar-refractivity contribution is -0.137. The fourth-order valence-electron chi connectivity index (χ4n) is 1.30. The normalized spacial score (nSPS) is 10.8. The molecule has 0 aliphatic heterocycles. The highest BCUT2D eigenvalue weighted by molar-refractivity contribution is 5.91. The highest BCUT2D eigenvalue weighted by Crippen LogP contribution is 2.35. The van der Waals surface area contributed by atoms with Crippen molar-refractivity contribution in [2.45, 2.75) is 12.6 Å². The van der Waals surface area contributed by atoms with E-state index in [-0.39, 0.29) is 24.2 Å². The number of anilines is 1. The molecule has 3 N–H and O–H groups in total. The van der Waals surface area contributed by atoms with E-state index in [1.165, 1.54) is 6.07 Å². The molecule has 0 heterocycles. The first kappa shape index (κ1) is 14.0. The molecule has 0 aromatic heterocycles. The largest absolute Gasteiger partial charge is 0.418 e. The summed E-state index contributed by atoms with van der Waals surface area (Å²) in [5.74, 6) is -0.604. The molecule has 7 heteroatoms. The van der Waals surface area contributed by atoms with Crippen LogP contribution in [0.4, 0.5) is 18.9 Å². The minimum Gasteiger partial charge on any atom is -0.330 e. The zero-order valence-corrected chi connectivity index (χ0v) is 9.21. The van der Waals surface area contributed by atoms with Gasteiger partial charge in [0.15, 0.2) is 0 Å². The molecule has 0 unspecified atom stereocenters. The lowest BCUT2D eigenvalue weighted by Gasteiger charge is -2.13. The Kier molecular flexibility index (Phi) is 4.28. The van der Waals surface area contributed by atoms with Crippen LogP contribution in [-0.2, 0) is 11.0 Å². The van der Waals surface area contributed by atoms with Gasteiger partial charge in [0, 0.05) is 13.0 Å². The molecule has 0 saturated heterocycles. The number of rotatable bonds is 3. The number of amides is 1. The van der Waals surface area contributed by atoms with Crippen LogP contribution in [0.2, 0.25) is 0 Å². The topological polar surface area (TPSA) is 78.9 Å². The zero-order chi connectivity index (χ0) is 13.8. The molecule has 0 spiro atoms. The third-order valence-electron chi connectivity index (χ3n) is 2.10. The second kappa shape index (κ2) is 5.51. The molecule has 1 amide bonds. The molecular formula is C11H10F3N3O. The Morgan fingerprint density at radius 2 is 2.11 bits per heavy atom. The van der Waals surface area contributed by atoms with Crippen molar-refractivity contribution in [3.63, 3.8) is 0 Å². The second-order valence-electron chi connectivity index (χ2n) is 3.46. The number of nitrogens with one attached hydrogen (secondary N) is 1. The van der Waals surface area contributed by atoms with Gasteiger partial charge in [-0.1, -0.05) is 0 Å². The number of benzene rings is 1. The first-order chi connectivity index (χ1) is 8.38. The molecule has 1 aromatic carbocycles. The number of alkyl halides is 3. The van der Waals surface area contributed by atoms with Crippen LogP contribution in [0.5, 0.6) is 0 Å². The minimum absolute atomic E-state index is 0.0451. The summed E-state index contributed by atoms with van der Waals surface area (Å²) in [6.45, 7) is 0.0451. The molecule has 0 fully saturated rings. The van der Waals surface area contributed by atoms with Crippen LogP contribution in [0.25, 0.3) is 0 Å². The van der Waals surface area contributed by atoms with Gasteiger partial charge in [-0.3, -0.25) is 4.79 Å². The second-order valence-corrected chi connectivity index (χ2v) is 3.46. The van der Waals surface area contributed by atoms with Gasteiger partial charge in [-0.05, 0) is 18.2 Å². The Hall–Kier alpha value is -2.07. The molecule has 1 aromatic rings. The van der Waals surface area contributed by atoms with E-state index >= 15 is 0 Å². The van der Waals surface area contributed by atoms with Gasteiger partial charge in [-0.25, -0.2) is 0 Å². The molecule has 1 rings (SSSR count). The van der Waals surface area contributed by atoms with Gasteiger partial charge in [0.2, 0.25) is 5.91 Å². The fraction of sp³-hybridized carbons (Fsp3) is 0.273. The Morgan fingerprint density at radius 3 is 2.61 bits per heavy atom. The SMILES string of the molecule is N#Cc1ccc(NC(=O)CCN)c(C(F)(F)F)c1. The molecule has 0 radical (unpaired) electrons.